The van der Waals surface area contributed by atoms with E-state index in [4.69, 9.17) is 11.6 Å². The quantitative estimate of drug-likeness (QED) is 0.816. The summed E-state index contributed by atoms with van der Waals surface area (Å²) < 4.78 is 28.0. The zero-order valence-corrected chi connectivity index (χ0v) is 17.8. The van der Waals surface area contributed by atoms with E-state index in [0.717, 1.165) is 16.7 Å². The van der Waals surface area contributed by atoms with Crippen molar-refractivity contribution in [2.45, 2.75) is 38.5 Å². The van der Waals surface area contributed by atoms with Gasteiger partial charge in [0.15, 0.2) is 0 Å². The number of amides is 1. The topological polar surface area (TPSA) is 79.4 Å². The third kappa shape index (κ3) is 4.37. The molecular weight excluding hydrogens is 398 g/mol. The van der Waals surface area contributed by atoms with Crippen molar-refractivity contribution >= 4 is 33.3 Å². The summed E-state index contributed by atoms with van der Waals surface area (Å²) in [6, 6.07) is 7.02. The number of aryl methyl sites for hydroxylation is 3. The van der Waals surface area contributed by atoms with Crippen molar-refractivity contribution in [3.05, 3.63) is 52.2 Å². The maximum atomic E-state index is 13.3. The van der Waals surface area contributed by atoms with Crippen molar-refractivity contribution in [1.29, 1.82) is 0 Å². The van der Waals surface area contributed by atoms with Gasteiger partial charge in [-0.2, -0.15) is 4.31 Å². The number of piperidine rings is 1. The highest BCUT2D eigenvalue weighted by atomic mass is 35.5. The van der Waals surface area contributed by atoms with Crippen molar-refractivity contribution in [2.75, 3.05) is 18.4 Å². The van der Waals surface area contributed by atoms with Crippen LogP contribution in [0.5, 0.6) is 0 Å². The molecule has 2 heterocycles. The number of nitrogens with zero attached hydrogens (tertiary/aromatic N) is 2. The Kier molecular flexibility index (Phi) is 6.07. The molecular formula is C20H24ClN3O3S. The van der Waals surface area contributed by atoms with Crippen molar-refractivity contribution in [1.82, 2.24) is 9.29 Å². The number of nitrogens with one attached hydrogen (secondary N) is 1. The molecule has 150 valence electrons. The lowest BCUT2D eigenvalue weighted by Crippen LogP contribution is -2.44. The fourth-order valence-corrected chi connectivity index (χ4v) is 5.80. The second-order valence-corrected chi connectivity index (χ2v) is 9.59. The van der Waals surface area contributed by atoms with E-state index in [2.05, 4.69) is 10.3 Å². The van der Waals surface area contributed by atoms with Crippen LogP contribution in [-0.2, 0) is 14.8 Å². The first-order valence-corrected chi connectivity index (χ1v) is 11.0. The predicted octanol–water partition coefficient (Wildman–Crippen LogP) is 3.70. The van der Waals surface area contributed by atoms with Crippen LogP contribution in [0.4, 0.5) is 5.82 Å². The molecule has 1 unspecified atom stereocenters. The number of carbonyl (C=O) groups excluding carboxylic acids is 1. The van der Waals surface area contributed by atoms with Gasteiger partial charge in [0, 0.05) is 19.3 Å². The van der Waals surface area contributed by atoms with Crippen LogP contribution in [0.2, 0.25) is 5.02 Å². The molecule has 28 heavy (non-hydrogen) atoms. The van der Waals surface area contributed by atoms with Crippen molar-refractivity contribution in [3.63, 3.8) is 0 Å². The SMILES string of the molecule is Cc1cc(C)c(S(=O)(=O)N2CCCC(C(=O)Nc3ccc(Cl)cn3)C2)c(C)c1. The molecule has 0 aliphatic carbocycles. The molecule has 1 aromatic heterocycles. The lowest BCUT2D eigenvalue weighted by atomic mass is 9.99. The minimum atomic E-state index is -3.66. The lowest BCUT2D eigenvalue weighted by molar-refractivity contribution is -0.120. The molecule has 1 N–H and O–H groups in total. The fourth-order valence-electron chi connectivity index (χ4n) is 3.76. The molecule has 2 aromatic rings. The van der Waals surface area contributed by atoms with E-state index in [1.165, 1.54) is 10.5 Å². The first kappa shape index (κ1) is 20.8. The number of carbonyl (C=O) groups is 1. The van der Waals surface area contributed by atoms with E-state index in [1.54, 1.807) is 12.1 Å². The minimum absolute atomic E-state index is 0.161. The maximum absolute atomic E-state index is 13.3. The van der Waals surface area contributed by atoms with E-state index in [9.17, 15) is 13.2 Å². The average molecular weight is 422 g/mol. The Hall–Kier alpha value is -1.96. The summed E-state index contributed by atoms with van der Waals surface area (Å²) in [5.41, 5.74) is 2.49. The second-order valence-electron chi connectivity index (χ2n) is 7.28. The van der Waals surface area contributed by atoms with Crippen LogP contribution in [0.25, 0.3) is 0 Å². The van der Waals surface area contributed by atoms with Crippen LogP contribution in [0.1, 0.15) is 29.5 Å². The Balaban J connectivity index is 1.79. The lowest BCUT2D eigenvalue weighted by Gasteiger charge is -2.32. The third-order valence-corrected chi connectivity index (χ3v) is 7.33. The molecule has 1 aliphatic rings. The Morgan fingerprint density at radius 3 is 2.50 bits per heavy atom. The summed E-state index contributed by atoms with van der Waals surface area (Å²) in [5, 5.41) is 3.23. The van der Waals surface area contributed by atoms with Crippen LogP contribution < -0.4 is 5.32 Å². The Labute approximate surface area is 171 Å². The van der Waals surface area contributed by atoms with Gasteiger partial charge in [0.1, 0.15) is 5.82 Å². The summed E-state index contributed by atoms with van der Waals surface area (Å²) in [7, 11) is -3.66. The average Bonchev–Trinajstić information content (AvgIpc) is 2.62. The molecule has 1 atom stereocenters. The summed E-state index contributed by atoms with van der Waals surface area (Å²) in [4.78, 5) is 17.0. The molecule has 1 aromatic carbocycles. The smallest absolute Gasteiger partial charge is 0.243 e. The number of benzene rings is 1. The van der Waals surface area contributed by atoms with Gasteiger partial charge in [-0.1, -0.05) is 29.3 Å². The van der Waals surface area contributed by atoms with Gasteiger partial charge in [0.2, 0.25) is 15.9 Å². The number of pyridine rings is 1. The van der Waals surface area contributed by atoms with E-state index >= 15 is 0 Å². The van der Waals surface area contributed by atoms with E-state index < -0.39 is 15.9 Å². The van der Waals surface area contributed by atoms with E-state index in [1.807, 2.05) is 32.9 Å². The Morgan fingerprint density at radius 2 is 1.89 bits per heavy atom. The van der Waals surface area contributed by atoms with Crippen LogP contribution in [0.15, 0.2) is 35.4 Å². The molecule has 3 rings (SSSR count). The fraction of sp³-hybridized carbons (Fsp3) is 0.400. The monoisotopic (exact) mass is 421 g/mol. The summed E-state index contributed by atoms with van der Waals surface area (Å²) >= 11 is 5.81. The summed E-state index contributed by atoms with van der Waals surface area (Å²) in [6.07, 6.45) is 2.73. The van der Waals surface area contributed by atoms with E-state index in [0.29, 0.717) is 35.1 Å². The number of hydrogen-bond donors (Lipinski definition) is 1. The third-order valence-electron chi connectivity index (χ3n) is 4.94. The predicted molar refractivity (Wildman–Crippen MR) is 110 cm³/mol. The first-order valence-electron chi connectivity index (χ1n) is 9.19. The second kappa shape index (κ2) is 8.19. The molecule has 0 bridgehead atoms. The zero-order valence-electron chi connectivity index (χ0n) is 16.2. The van der Waals surface area contributed by atoms with Crippen LogP contribution in [-0.4, -0.2) is 36.7 Å². The number of hydrogen-bond acceptors (Lipinski definition) is 4. The minimum Gasteiger partial charge on any atom is -0.310 e. The highest BCUT2D eigenvalue weighted by Gasteiger charge is 2.35. The van der Waals surface area contributed by atoms with Crippen molar-refractivity contribution in [3.8, 4) is 0 Å². The molecule has 0 radical (unpaired) electrons. The van der Waals surface area contributed by atoms with Crippen molar-refractivity contribution < 1.29 is 13.2 Å². The maximum Gasteiger partial charge on any atom is 0.243 e. The molecule has 0 spiro atoms. The Bertz CT molecular complexity index is 967. The van der Waals surface area contributed by atoms with Gasteiger partial charge in [0.05, 0.1) is 15.8 Å². The van der Waals surface area contributed by atoms with Gasteiger partial charge >= 0.3 is 0 Å². The summed E-state index contributed by atoms with van der Waals surface area (Å²) in [5.74, 6) is -0.251. The zero-order chi connectivity index (χ0) is 20.5. The molecule has 1 saturated heterocycles. The first-order chi connectivity index (χ1) is 13.2. The highest BCUT2D eigenvalue weighted by molar-refractivity contribution is 7.89. The highest BCUT2D eigenvalue weighted by Crippen LogP contribution is 2.29. The van der Waals surface area contributed by atoms with Crippen LogP contribution in [0.3, 0.4) is 0 Å². The van der Waals surface area contributed by atoms with Crippen LogP contribution in [0, 0.1) is 26.7 Å². The Morgan fingerprint density at radius 1 is 1.21 bits per heavy atom. The summed E-state index contributed by atoms with van der Waals surface area (Å²) in [6.45, 7) is 6.15. The number of rotatable bonds is 4. The molecule has 1 fully saturated rings. The van der Waals surface area contributed by atoms with Crippen LogP contribution >= 0.6 is 11.6 Å². The van der Waals surface area contributed by atoms with Gasteiger partial charge in [-0.05, 0) is 56.9 Å². The largest absolute Gasteiger partial charge is 0.310 e. The number of sulfonamides is 1. The molecule has 6 nitrogen and oxygen atoms in total. The van der Waals surface area contributed by atoms with Gasteiger partial charge in [0.25, 0.3) is 0 Å². The van der Waals surface area contributed by atoms with E-state index in [-0.39, 0.29) is 12.5 Å². The molecule has 1 amide bonds. The van der Waals surface area contributed by atoms with Gasteiger partial charge in [-0.3, -0.25) is 4.79 Å². The molecule has 0 saturated carbocycles. The van der Waals surface area contributed by atoms with Gasteiger partial charge < -0.3 is 5.32 Å². The normalized spacial score (nSPS) is 18.1. The molecule has 8 heteroatoms. The molecule has 1 aliphatic heterocycles. The van der Waals surface area contributed by atoms with Gasteiger partial charge in [-0.25, -0.2) is 13.4 Å². The number of halogens is 1. The van der Waals surface area contributed by atoms with Gasteiger partial charge in [-0.15, -0.1) is 0 Å². The number of aromatic nitrogens is 1. The number of anilines is 1. The standard InChI is InChI=1S/C20H24ClN3O3S/c1-13-9-14(2)19(15(3)10-13)28(26,27)24-8-4-5-16(12-24)20(25)23-18-7-6-17(21)11-22-18/h6-7,9-11,16H,4-5,8,12H2,1-3H3,(H,22,23,25). The van der Waals surface area contributed by atoms with Crippen molar-refractivity contribution in [2.24, 2.45) is 5.92 Å².